The van der Waals surface area contributed by atoms with E-state index in [1.54, 1.807) is 20.8 Å². The molecule has 31 heavy (non-hydrogen) atoms. The molecule has 0 saturated carbocycles. The van der Waals surface area contributed by atoms with Gasteiger partial charge in [0.2, 0.25) is 23.6 Å². The summed E-state index contributed by atoms with van der Waals surface area (Å²) in [4.78, 5) is 49.4. The Hall–Kier alpha value is -2.00. The standard InChI is InChI=1S/C22H37N3O6/c1-15-13-17(27)25(20(15)29)12-8-6-7-10-23-16(26)9-11-24-19(28)18-21(2,3)14-30-22(4,5)31-18/h15,18H,6-14H2,1-5H3,(H,23,26)(H,24,28)/t15?,18-/m0/s1. The highest BCUT2D eigenvalue weighted by atomic mass is 16.7. The van der Waals surface area contributed by atoms with Crippen molar-refractivity contribution in [2.45, 2.75) is 78.6 Å². The van der Waals surface area contributed by atoms with Crippen LogP contribution in [0, 0.1) is 11.3 Å². The maximum Gasteiger partial charge on any atom is 0.249 e. The molecule has 9 heteroatoms. The van der Waals surface area contributed by atoms with Crippen molar-refractivity contribution in [1.82, 2.24) is 15.5 Å². The zero-order chi connectivity index (χ0) is 23.2. The van der Waals surface area contributed by atoms with Gasteiger partial charge in [0, 0.05) is 43.8 Å². The third-order valence-corrected chi connectivity index (χ3v) is 5.64. The Labute approximate surface area is 184 Å². The SMILES string of the molecule is CC1CC(=O)N(CCCCCNC(=O)CCNC(=O)[C@@H]2OC(C)(C)OCC2(C)C)C1=O. The average molecular weight is 440 g/mol. The lowest BCUT2D eigenvalue weighted by Gasteiger charge is -2.44. The molecule has 1 unspecified atom stereocenters. The van der Waals surface area contributed by atoms with Crippen LogP contribution >= 0.6 is 0 Å². The summed E-state index contributed by atoms with van der Waals surface area (Å²) in [5.74, 6) is -1.57. The first-order valence-corrected chi connectivity index (χ1v) is 11.1. The summed E-state index contributed by atoms with van der Waals surface area (Å²) in [5, 5.41) is 5.61. The minimum atomic E-state index is -0.817. The van der Waals surface area contributed by atoms with Gasteiger partial charge in [-0.3, -0.25) is 24.1 Å². The second-order valence-corrected chi connectivity index (χ2v) is 9.62. The van der Waals surface area contributed by atoms with E-state index in [4.69, 9.17) is 9.47 Å². The molecule has 4 amide bonds. The van der Waals surface area contributed by atoms with E-state index in [0.717, 1.165) is 19.3 Å². The van der Waals surface area contributed by atoms with E-state index < -0.39 is 17.3 Å². The molecule has 2 heterocycles. The first kappa shape index (κ1) is 25.3. The highest BCUT2D eigenvalue weighted by Crippen LogP contribution is 2.34. The highest BCUT2D eigenvalue weighted by molar-refractivity contribution is 6.03. The van der Waals surface area contributed by atoms with Gasteiger partial charge in [-0.05, 0) is 33.1 Å². The maximum atomic E-state index is 12.5. The van der Waals surface area contributed by atoms with Gasteiger partial charge in [-0.1, -0.05) is 20.8 Å². The zero-order valence-electron chi connectivity index (χ0n) is 19.4. The molecule has 2 aliphatic rings. The molecule has 0 aliphatic carbocycles. The number of ether oxygens (including phenoxy) is 2. The van der Waals surface area contributed by atoms with Gasteiger partial charge in [-0.2, -0.15) is 0 Å². The molecule has 2 aliphatic heterocycles. The summed E-state index contributed by atoms with van der Waals surface area (Å²) in [5.41, 5.74) is -0.454. The van der Waals surface area contributed by atoms with Crippen LogP contribution in [0.3, 0.4) is 0 Å². The molecule has 0 aromatic rings. The number of likely N-dealkylation sites (tertiary alicyclic amines) is 1. The first-order chi connectivity index (χ1) is 14.4. The van der Waals surface area contributed by atoms with E-state index >= 15 is 0 Å². The summed E-state index contributed by atoms with van der Waals surface area (Å²) < 4.78 is 11.4. The third-order valence-electron chi connectivity index (χ3n) is 5.64. The van der Waals surface area contributed by atoms with Gasteiger partial charge in [-0.25, -0.2) is 0 Å². The Morgan fingerprint density at radius 1 is 1.06 bits per heavy atom. The average Bonchev–Trinajstić information content (AvgIpc) is 2.92. The van der Waals surface area contributed by atoms with Crippen molar-refractivity contribution >= 4 is 23.6 Å². The number of rotatable bonds is 10. The quantitative estimate of drug-likeness (QED) is 0.392. The van der Waals surface area contributed by atoms with Gasteiger partial charge in [-0.15, -0.1) is 0 Å². The van der Waals surface area contributed by atoms with Crippen molar-refractivity contribution in [3.05, 3.63) is 0 Å². The molecule has 2 atom stereocenters. The van der Waals surface area contributed by atoms with Crippen LogP contribution in [-0.4, -0.2) is 66.7 Å². The van der Waals surface area contributed by atoms with Crippen LogP contribution in [0.4, 0.5) is 0 Å². The molecule has 0 radical (unpaired) electrons. The molecule has 176 valence electrons. The second kappa shape index (κ2) is 10.5. The Kier molecular flexibility index (Phi) is 8.59. The van der Waals surface area contributed by atoms with E-state index in [-0.39, 0.29) is 42.5 Å². The van der Waals surface area contributed by atoms with Crippen LogP contribution in [0.5, 0.6) is 0 Å². The molecular formula is C22H37N3O6. The zero-order valence-corrected chi connectivity index (χ0v) is 19.4. The lowest BCUT2D eigenvalue weighted by Crippen LogP contribution is -2.56. The number of hydrogen-bond donors (Lipinski definition) is 2. The van der Waals surface area contributed by atoms with Crippen molar-refractivity contribution in [1.29, 1.82) is 0 Å². The lowest BCUT2D eigenvalue weighted by atomic mass is 9.85. The Morgan fingerprint density at radius 2 is 1.77 bits per heavy atom. The molecular weight excluding hydrogens is 402 g/mol. The Bertz CT molecular complexity index is 691. The molecule has 2 N–H and O–H groups in total. The third kappa shape index (κ3) is 7.28. The largest absolute Gasteiger partial charge is 0.356 e. The number of unbranched alkanes of at least 4 members (excludes halogenated alkanes) is 2. The summed E-state index contributed by atoms with van der Waals surface area (Å²) in [6, 6.07) is 0. The summed E-state index contributed by atoms with van der Waals surface area (Å²) in [6.45, 7) is 10.8. The monoisotopic (exact) mass is 439 g/mol. The number of amides is 4. The van der Waals surface area contributed by atoms with E-state index in [9.17, 15) is 19.2 Å². The topological polar surface area (TPSA) is 114 Å². The molecule has 0 aromatic carbocycles. The van der Waals surface area contributed by atoms with Crippen LogP contribution in [0.1, 0.15) is 66.7 Å². The number of carbonyl (C=O) groups excluding carboxylic acids is 4. The fourth-order valence-corrected chi connectivity index (χ4v) is 3.68. The minimum absolute atomic E-state index is 0.0848. The Balaban J connectivity index is 1.56. The smallest absolute Gasteiger partial charge is 0.249 e. The van der Waals surface area contributed by atoms with Crippen LogP contribution in [-0.2, 0) is 28.7 Å². The summed E-state index contributed by atoms with van der Waals surface area (Å²) in [6.07, 6.45) is 2.16. The molecule has 9 nitrogen and oxygen atoms in total. The molecule has 0 spiro atoms. The van der Waals surface area contributed by atoms with Crippen molar-refractivity contribution in [3.63, 3.8) is 0 Å². The van der Waals surface area contributed by atoms with Crippen LogP contribution in [0.25, 0.3) is 0 Å². The number of hydrogen-bond acceptors (Lipinski definition) is 6. The lowest BCUT2D eigenvalue weighted by molar-refractivity contribution is -0.304. The predicted molar refractivity (Wildman–Crippen MR) is 114 cm³/mol. The van der Waals surface area contributed by atoms with E-state index in [1.165, 1.54) is 4.90 Å². The predicted octanol–water partition coefficient (Wildman–Crippen LogP) is 1.35. The fraction of sp³-hybridized carbons (Fsp3) is 0.818. The van der Waals surface area contributed by atoms with Gasteiger partial charge in [0.15, 0.2) is 5.79 Å². The van der Waals surface area contributed by atoms with Gasteiger partial charge in [0.1, 0.15) is 6.10 Å². The van der Waals surface area contributed by atoms with Crippen molar-refractivity contribution in [2.75, 3.05) is 26.2 Å². The first-order valence-electron chi connectivity index (χ1n) is 11.1. The molecule has 2 saturated heterocycles. The van der Waals surface area contributed by atoms with Crippen molar-refractivity contribution < 1.29 is 28.7 Å². The molecule has 2 rings (SSSR count). The molecule has 0 bridgehead atoms. The molecule has 2 fully saturated rings. The number of imide groups is 1. The highest BCUT2D eigenvalue weighted by Gasteiger charge is 2.45. The normalized spacial score (nSPS) is 24.9. The number of carbonyl (C=O) groups is 4. The van der Waals surface area contributed by atoms with Crippen LogP contribution in [0.2, 0.25) is 0 Å². The van der Waals surface area contributed by atoms with E-state index in [0.29, 0.717) is 26.1 Å². The molecule has 0 aromatic heterocycles. The van der Waals surface area contributed by atoms with Gasteiger partial charge >= 0.3 is 0 Å². The van der Waals surface area contributed by atoms with Crippen molar-refractivity contribution in [2.24, 2.45) is 11.3 Å². The number of nitrogens with zero attached hydrogens (tertiary/aromatic N) is 1. The summed E-state index contributed by atoms with van der Waals surface area (Å²) >= 11 is 0. The van der Waals surface area contributed by atoms with Crippen LogP contribution < -0.4 is 10.6 Å². The fourth-order valence-electron chi connectivity index (χ4n) is 3.68. The second-order valence-electron chi connectivity index (χ2n) is 9.62. The minimum Gasteiger partial charge on any atom is -0.356 e. The maximum absolute atomic E-state index is 12.5. The van der Waals surface area contributed by atoms with Gasteiger partial charge in [0.05, 0.1) is 6.61 Å². The van der Waals surface area contributed by atoms with E-state index in [2.05, 4.69) is 10.6 Å². The Morgan fingerprint density at radius 3 is 2.42 bits per heavy atom. The van der Waals surface area contributed by atoms with E-state index in [1.807, 2.05) is 13.8 Å². The van der Waals surface area contributed by atoms with Gasteiger partial charge in [0.25, 0.3) is 0 Å². The van der Waals surface area contributed by atoms with Crippen LogP contribution in [0.15, 0.2) is 0 Å². The van der Waals surface area contributed by atoms with Gasteiger partial charge < -0.3 is 20.1 Å². The summed E-state index contributed by atoms with van der Waals surface area (Å²) in [7, 11) is 0. The van der Waals surface area contributed by atoms with Crippen molar-refractivity contribution in [3.8, 4) is 0 Å². The number of nitrogens with one attached hydrogen (secondary N) is 2.